The van der Waals surface area contributed by atoms with Crippen LogP contribution in [0, 0.1) is 11.8 Å². The quantitative estimate of drug-likeness (QED) is 0.0701. The topological polar surface area (TPSA) is 135 Å². The molecule has 0 bridgehead atoms. The Labute approximate surface area is 326 Å². The molecule has 2 N–H and O–H groups in total. The van der Waals surface area contributed by atoms with Crippen LogP contribution in [0.25, 0.3) is 0 Å². The van der Waals surface area contributed by atoms with Gasteiger partial charge in [-0.2, -0.15) is 0 Å². The van der Waals surface area contributed by atoms with Crippen LogP contribution in [0.2, 0.25) is 0 Å². The van der Waals surface area contributed by atoms with Crippen LogP contribution in [0.4, 0.5) is 9.59 Å². The fourth-order valence-electron chi connectivity index (χ4n) is 7.16. The lowest BCUT2D eigenvalue weighted by atomic mass is 9.76. The standard InChI is InChI=1S/C41H77N3O10/c1-9-10-19-48-28-39(22-44-21-29(44)2)54-41(46)43-38-17-13-36(14-18-38)20-35-11-15-37(16-12-35)42-40(45)53-27-34(7)52-26-33(6)51-25-32(5)50-24-31(4)49-23-30(3)47-8/h29-39H,9-28H2,1-8H3,(H,42,45)(H,43,46). The van der Waals surface area contributed by atoms with E-state index in [0.717, 1.165) is 77.3 Å². The monoisotopic (exact) mass is 772 g/mol. The summed E-state index contributed by atoms with van der Waals surface area (Å²) in [4.78, 5) is 27.6. The van der Waals surface area contributed by atoms with E-state index in [9.17, 15) is 9.59 Å². The minimum Gasteiger partial charge on any atom is -0.447 e. The predicted octanol–water partition coefficient (Wildman–Crippen LogP) is 6.49. The highest BCUT2D eigenvalue weighted by atomic mass is 16.6. The fourth-order valence-corrected chi connectivity index (χ4v) is 7.16. The maximum absolute atomic E-state index is 12.8. The molecule has 1 heterocycles. The van der Waals surface area contributed by atoms with Crippen molar-refractivity contribution in [2.45, 2.75) is 174 Å². The highest BCUT2D eigenvalue weighted by molar-refractivity contribution is 5.68. The minimum absolute atomic E-state index is 0.0242. The summed E-state index contributed by atoms with van der Waals surface area (Å²) in [6.07, 6.45) is 10.5. The van der Waals surface area contributed by atoms with Crippen molar-refractivity contribution in [2.75, 3.05) is 66.4 Å². The van der Waals surface area contributed by atoms with Crippen molar-refractivity contribution >= 4 is 12.2 Å². The van der Waals surface area contributed by atoms with Crippen molar-refractivity contribution in [1.82, 2.24) is 15.5 Å². The molecule has 8 atom stereocenters. The molecule has 0 aromatic rings. The van der Waals surface area contributed by atoms with E-state index in [1.165, 1.54) is 6.42 Å². The summed E-state index contributed by atoms with van der Waals surface area (Å²) in [5.74, 6) is 1.38. The lowest BCUT2D eigenvalue weighted by Crippen LogP contribution is -2.42. The summed E-state index contributed by atoms with van der Waals surface area (Å²) in [6.45, 7) is 19.1. The van der Waals surface area contributed by atoms with Crippen LogP contribution in [0.1, 0.15) is 119 Å². The van der Waals surface area contributed by atoms with Crippen molar-refractivity contribution in [2.24, 2.45) is 11.8 Å². The first-order valence-electron chi connectivity index (χ1n) is 21.1. The van der Waals surface area contributed by atoms with Gasteiger partial charge in [0, 0.05) is 44.9 Å². The van der Waals surface area contributed by atoms with E-state index in [-0.39, 0.29) is 67.5 Å². The van der Waals surface area contributed by atoms with E-state index in [2.05, 4.69) is 29.4 Å². The van der Waals surface area contributed by atoms with Gasteiger partial charge in [-0.25, -0.2) is 9.59 Å². The molecule has 54 heavy (non-hydrogen) atoms. The van der Waals surface area contributed by atoms with Crippen LogP contribution in [0.5, 0.6) is 0 Å². The lowest BCUT2D eigenvalue weighted by molar-refractivity contribution is -0.0955. The Kier molecular flexibility index (Phi) is 22.7. The summed E-state index contributed by atoms with van der Waals surface area (Å²) in [7, 11) is 1.67. The highest BCUT2D eigenvalue weighted by Crippen LogP contribution is 2.35. The van der Waals surface area contributed by atoms with Crippen molar-refractivity contribution in [3.05, 3.63) is 0 Å². The Morgan fingerprint density at radius 1 is 0.667 bits per heavy atom. The summed E-state index contributed by atoms with van der Waals surface area (Å²) < 4.78 is 45.6. The number of amides is 2. The van der Waals surface area contributed by atoms with Crippen molar-refractivity contribution in [3.63, 3.8) is 0 Å². The van der Waals surface area contributed by atoms with E-state index in [1.807, 2.05) is 34.6 Å². The Morgan fingerprint density at radius 2 is 1.13 bits per heavy atom. The number of carbonyl (C=O) groups excluding carboxylic acids is 2. The molecule has 0 aromatic carbocycles. The molecule has 2 saturated carbocycles. The predicted molar refractivity (Wildman–Crippen MR) is 209 cm³/mol. The molecule has 13 nitrogen and oxygen atoms in total. The van der Waals surface area contributed by atoms with Gasteiger partial charge in [0.15, 0.2) is 0 Å². The van der Waals surface area contributed by atoms with Crippen LogP contribution >= 0.6 is 0 Å². The number of rotatable bonds is 27. The number of nitrogens with zero attached hydrogens (tertiary/aromatic N) is 1. The number of unbranched alkanes of at least 4 members (excludes halogenated alkanes) is 1. The SMILES string of the molecule is CCCCOCC(CN1CC1C)OC(=O)NC1CCC(CC2CCC(NC(=O)OCC(C)OCC(C)OCC(C)OCC(C)OCC(C)OC)CC2)CC1. The van der Waals surface area contributed by atoms with E-state index < -0.39 is 0 Å². The number of nitrogens with one attached hydrogen (secondary N) is 2. The van der Waals surface area contributed by atoms with Gasteiger partial charge < -0.3 is 48.5 Å². The molecule has 3 fully saturated rings. The lowest BCUT2D eigenvalue weighted by Gasteiger charge is -2.34. The van der Waals surface area contributed by atoms with Crippen LogP contribution in [-0.2, 0) is 37.9 Å². The van der Waals surface area contributed by atoms with Gasteiger partial charge in [-0.1, -0.05) is 13.3 Å². The number of hydrogen-bond donors (Lipinski definition) is 2. The molecular weight excluding hydrogens is 694 g/mol. The van der Waals surface area contributed by atoms with Crippen LogP contribution in [0.15, 0.2) is 0 Å². The van der Waals surface area contributed by atoms with Crippen molar-refractivity contribution in [1.29, 1.82) is 0 Å². The zero-order valence-electron chi connectivity index (χ0n) is 35.0. The summed E-state index contributed by atoms with van der Waals surface area (Å²) in [6, 6.07) is 0.891. The Hall–Kier alpha value is -1.74. The molecule has 3 aliphatic rings. The number of methoxy groups -OCH3 is 1. The summed E-state index contributed by atoms with van der Waals surface area (Å²) in [5.41, 5.74) is 0. The second kappa shape index (κ2) is 26.2. The average molecular weight is 772 g/mol. The first-order chi connectivity index (χ1) is 25.9. The average Bonchev–Trinajstić information content (AvgIpc) is 3.86. The summed E-state index contributed by atoms with van der Waals surface area (Å²) >= 11 is 0. The van der Waals surface area contributed by atoms with E-state index in [1.54, 1.807) is 7.11 Å². The van der Waals surface area contributed by atoms with Crippen LogP contribution in [-0.4, -0.2) is 138 Å². The van der Waals surface area contributed by atoms with Gasteiger partial charge in [-0.15, -0.1) is 0 Å². The van der Waals surface area contributed by atoms with Gasteiger partial charge in [0.1, 0.15) is 12.7 Å². The minimum atomic E-state index is -0.377. The normalized spacial score (nSPS) is 27.6. The van der Waals surface area contributed by atoms with Gasteiger partial charge in [-0.3, -0.25) is 4.90 Å². The molecule has 1 aliphatic heterocycles. The van der Waals surface area contributed by atoms with E-state index >= 15 is 0 Å². The number of alkyl carbamates (subject to hydrolysis) is 2. The molecule has 8 unspecified atom stereocenters. The molecule has 3 rings (SSSR count). The molecule has 316 valence electrons. The Bertz CT molecular complexity index is 1010. The largest absolute Gasteiger partial charge is 0.447 e. The fraction of sp³-hybridized carbons (Fsp3) is 0.951. The Balaban J connectivity index is 1.19. The molecule has 1 saturated heterocycles. The van der Waals surface area contributed by atoms with E-state index in [0.29, 0.717) is 57.5 Å². The van der Waals surface area contributed by atoms with Gasteiger partial charge in [-0.05, 0) is 118 Å². The van der Waals surface area contributed by atoms with E-state index in [4.69, 9.17) is 37.9 Å². The maximum Gasteiger partial charge on any atom is 0.407 e. The molecular formula is C41H77N3O10. The molecule has 13 heteroatoms. The second-order valence-electron chi connectivity index (χ2n) is 16.4. The van der Waals surface area contributed by atoms with Crippen molar-refractivity contribution < 1.29 is 47.5 Å². The maximum atomic E-state index is 12.8. The third-order valence-electron chi connectivity index (χ3n) is 11.0. The van der Waals surface area contributed by atoms with Gasteiger partial charge >= 0.3 is 12.2 Å². The van der Waals surface area contributed by atoms with Gasteiger partial charge in [0.05, 0.1) is 63.6 Å². The number of ether oxygens (including phenoxy) is 8. The third-order valence-corrected chi connectivity index (χ3v) is 11.0. The Morgan fingerprint density at radius 3 is 1.59 bits per heavy atom. The number of carbonyl (C=O) groups is 2. The van der Waals surface area contributed by atoms with Crippen LogP contribution in [0.3, 0.4) is 0 Å². The molecule has 2 amide bonds. The molecule has 0 spiro atoms. The van der Waals surface area contributed by atoms with Gasteiger partial charge in [0.2, 0.25) is 0 Å². The zero-order chi connectivity index (χ0) is 39.3. The molecule has 0 aromatic heterocycles. The third kappa shape index (κ3) is 20.4. The van der Waals surface area contributed by atoms with Crippen LogP contribution < -0.4 is 10.6 Å². The first kappa shape index (κ1) is 46.6. The highest BCUT2D eigenvalue weighted by Gasteiger charge is 2.33. The van der Waals surface area contributed by atoms with Gasteiger partial charge in [0.25, 0.3) is 0 Å². The number of hydrogen-bond acceptors (Lipinski definition) is 11. The first-order valence-corrected chi connectivity index (χ1v) is 21.1. The zero-order valence-corrected chi connectivity index (χ0v) is 35.0. The molecule has 0 radical (unpaired) electrons. The smallest absolute Gasteiger partial charge is 0.407 e. The summed E-state index contributed by atoms with van der Waals surface area (Å²) in [5, 5.41) is 6.21. The molecule has 2 aliphatic carbocycles. The second-order valence-corrected chi connectivity index (χ2v) is 16.4. The van der Waals surface area contributed by atoms with Crippen molar-refractivity contribution in [3.8, 4) is 0 Å².